The maximum Gasteiger partial charge on any atom is 0.305 e. The predicted octanol–water partition coefficient (Wildman–Crippen LogP) is 13.5. The molecule has 0 heterocycles. The van der Waals surface area contributed by atoms with Crippen molar-refractivity contribution >= 4 is 11.9 Å². The van der Waals surface area contributed by atoms with Gasteiger partial charge in [-0.15, -0.1) is 0 Å². The number of carbonyl (C=O) groups excluding carboxylic acids is 1. The number of nitrogens with zero attached hydrogens (tertiary/aromatic N) is 1. The number of esters is 1. The van der Waals surface area contributed by atoms with E-state index < -0.39 is 0 Å². The van der Waals surface area contributed by atoms with E-state index in [1.54, 1.807) is 0 Å². The van der Waals surface area contributed by atoms with Crippen LogP contribution in [0.1, 0.15) is 240 Å². The van der Waals surface area contributed by atoms with Crippen molar-refractivity contribution in [3.8, 4) is 0 Å². The van der Waals surface area contributed by atoms with E-state index in [-0.39, 0.29) is 24.7 Å². The van der Waals surface area contributed by atoms with Crippen molar-refractivity contribution < 1.29 is 19.4 Å². The summed E-state index contributed by atoms with van der Waals surface area (Å²) in [6.07, 6.45) is 39.5. The summed E-state index contributed by atoms with van der Waals surface area (Å²) < 4.78 is 11.7. The Balaban J connectivity index is 4.05. The van der Waals surface area contributed by atoms with Gasteiger partial charge in [0.1, 0.15) is 6.10 Å². The van der Waals surface area contributed by atoms with Crippen LogP contribution >= 0.6 is 0 Å². The highest BCUT2D eigenvalue weighted by atomic mass is 16.5. The highest BCUT2D eigenvalue weighted by molar-refractivity contribution is 5.72. The summed E-state index contributed by atoms with van der Waals surface area (Å²) in [5.41, 5.74) is 0. The van der Waals surface area contributed by atoms with Gasteiger partial charge in [0.15, 0.2) is 5.90 Å². The lowest BCUT2D eigenvalue weighted by Crippen LogP contribution is -2.37. The van der Waals surface area contributed by atoms with Gasteiger partial charge in [-0.05, 0) is 77.8 Å². The summed E-state index contributed by atoms with van der Waals surface area (Å²) in [5, 5.41) is 18.3. The zero-order valence-electron chi connectivity index (χ0n) is 34.9. The number of ether oxygens (including phenoxy) is 2. The Morgan fingerprint density at radius 1 is 0.549 bits per heavy atom. The number of nitrogens with one attached hydrogen (secondary N) is 1. The van der Waals surface area contributed by atoms with E-state index in [4.69, 9.17) is 14.9 Å². The van der Waals surface area contributed by atoms with E-state index in [0.29, 0.717) is 18.9 Å². The maximum absolute atomic E-state index is 12.0. The third-order valence-electron chi connectivity index (χ3n) is 10.6. The SMILES string of the molecule is CCCCCCCCCOC(=O)CCCCCCCN(CCCCCCCC(=N)OC(CCCCCCCC)CCCCCCCC)C(C)CO. The second-order valence-electron chi connectivity index (χ2n) is 15.7. The van der Waals surface area contributed by atoms with Crippen LogP contribution in [0.3, 0.4) is 0 Å². The summed E-state index contributed by atoms with van der Waals surface area (Å²) in [6.45, 7) is 11.8. The molecule has 0 amide bonds. The fourth-order valence-electron chi connectivity index (χ4n) is 7.06. The van der Waals surface area contributed by atoms with Gasteiger partial charge in [0.05, 0.1) is 13.2 Å². The summed E-state index contributed by atoms with van der Waals surface area (Å²) in [5.74, 6) is 0.486. The van der Waals surface area contributed by atoms with Gasteiger partial charge in [0, 0.05) is 18.9 Å². The van der Waals surface area contributed by atoms with Crippen LogP contribution < -0.4 is 0 Å². The lowest BCUT2D eigenvalue weighted by molar-refractivity contribution is -0.143. The van der Waals surface area contributed by atoms with Crippen LogP contribution in [0, 0.1) is 5.41 Å². The molecule has 0 aliphatic rings. The molecular weight excluding hydrogens is 633 g/mol. The van der Waals surface area contributed by atoms with Crippen molar-refractivity contribution in [2.24, 2.45) is 0 Å². The largest absolute Gasteiger partial charge is 0.478 e. The Bertz CT molecular complexity index is 717. The number of aliphatic hydroxyl groups is 1. The molecule has 6 nitrogen and oxygen atoms in total. The van der Waals surface area contributed by atoms with Crippen LogP contribution in [0.25, 0.3) is 0 Å². The molecule has 0 bridgehead atoms. The van der Waals surface area contributed by atoms with Crippen molar-refractivity contribution in [3.63, 3.8) is 0 Å². The smallest absolute Gasteiger partial charge is 0.305 e. The molecule has 6 heteroatoms. The zero-order valence-corrected chi connectivity index (χ0v) is 34.9. The number of unbranched alkanes of at least 4 members (excludes halogenated alkanes) is 24. The summed E-state index contributed by atoms with van der Waals surface area (Å²) >= 11 is 0. The molecule has 0 aromatic carbocycles. The topological polar surface area (TPSA) is 82.9 Å². The van der Waals surface area contributed by atoms with Crippen LogP contribution in [0.4, 0.5) is 0 Å². The minimum atomic E-state index is -0.0261. The number of rotatable bonds is 41. The van der Waals surface area contributed by atoms with Crippen LogP contribution in [-0.4, -0.2) is 60.3 Å². The van der Waals surface area contributed by atoms with Gasteiger partial charge in [-0.3, -0.25) is 15.1 Å². The molecular formula is C45H90N2O4. The van der Waals surface area contributed by atoms with E-state index in [1.807, 2.05) is 0 Å². The van der Waals surface area contributed by atoms with Crippen molar-refractivity contribution in [2.45, 2.75) is 252 Å². The lowest BCUT2D eigenvalue weighted by Gasteiger charge is -2.27. The molecule has 304 valence electrons. The molecule has 0 saturated heterocycles. The van der Waals surface area contributed by atoms with E-state index in [2.05, 4.69) is 32.6 Å². The minimum Gasteiger partial charge on any atom is -0.478 e. The monoisotopic (exact) mass is 723 g/mol. The first-order chi connectivity index (χ1) is 25.0. The van der Waals surface area contributed by atoms with Gasteiger partial charge in [-0.2, -0.15) is 0 Å². The van der Waals surface area contributed by atoms with Crippen molar-refractivity contribution in [1.29, 1.82) is 5.41 Å². The molecule has 1 atom stereocenters. The molecule has 0 radical (unpaired) electrons. The molecule has 0 aromatic rings. The molecule has 0 aliphatic heterocycles. The summed E-state index contributed by atoms with van der Waals surface area (Å²) in [7, 11) is 0. The summed E-state index contributed by atoms with van der Waals surface area (Å²) in [6, 6.07) is 0.203. The van der Waals surface area contributed by atoms with Gasteiger partial charge in [0.2, 0.25) is 0 Å². The Morgan fingerprint density at radius 2 is 0.941 bits per heavy atom. The number of hydrogen-bond donors (Lipinski definition) is 2. The first-order valence-electron chi connectivity index (χ1n) is 22.7. The molecule has 0 fully saturated rings. The second-order valence-corrected chi connectivity index (χ2v) is 15.7. The highest BCUT2D eigenvalue weighted by Crippen LogP contribution is 2.19. The molecule has 0 aromatic heterocycles. The Kier molecular flexibility index (Phi) is 39.2. The van der Waals surface area contributed by atoms with Crippen LogP contribution in [0.15, 0.2) is 0 Å². The van der Waals surface area contributed by atoms with Crippen LogP contribution in [0.2, 0.25) is 0 Å². The fraction of sp³-hybridized carbons (Fsp3) is 0.956. The quantitative estimate of drug-likeness (QED) is 0.0284. The van der Waals surface area contributed by atoms with Gasteiger partial charge >= 0.3 is 5.97 Å². The minimum absolute atomic E-state index is 0.0261. The average molecular weight is 723 g/mol. The lowest BCUT2D eigenvalue weighted by atomic mass is 10.0. The molecule has 0 saturated carbocycles. The molecule has 0 spiro atoms. The van der Waals surface area contributed by atoms with Crippen LogP contribution in [-0.2, 0) is 14.3 Å². The standard InChI is InChI=1S/C45H90N2O4/c1-5-8-11-14-17-26-33-40-50-45(49)37-30-23-19-25-32-39-47(42(4)41-48)38-31-24-18-22-29-36-44(46)51-43(34-27-20-15-12-9-6-2)35-28-21-16-13-10-7-3/h42-43,46,48H,5-41H2,1-4H3. The van der Waals surface area contributed by atoms with E-state index >= 15 is 0 Å². The average Bonchev–Trinajstić information content (AvgIpc) is 3.13. The highest BCUT2D eigenvalue weighted by Gasteiger charge is 2.14. The van der Waals surface area contributed by atoms with Crippen molar-refractivity contribution in [2.75, 3.05) is 26.3 Å². The number of hydrogen-bond acceptors (Lipinski definition) is 6. The van der Waals surface area contributed by atoms with Gasteiger partial charge in [-0.25, -0.2) is 0 Å². The first-order valence-corrected chi connectivity index (χ1v) is 22.7. The third kappa shape index (κ3) is 35.6. The van der Waals surface area contributed by atoms with E-state index in [1.165, 1.54) is 135 Å². The zero-order chi connectivity index (χ0) is 37.5. The Labute approximate surface area is 318 Å². The van der Waals surface area contributed by atoms with Crippen molar-refractivity contribution in [3.05, 3.63) is 0 Å². The molecule has 1 unspecified atom stereocenters. The predicted molar refractivity (Wildman–Crippen MR) is 221 cm³/mol. The second kappa shape index (κ2) is 40.1. The van der Waals surface area contributed by atoms with Gasteiger partial charge in [-0.1, -0.05) is 162 Å². The normalized spacial score (nSPS) is 12.2. The maximum atomic E-state index is 12.0. The third-order valence-corrected chi connectivity index (χ3v) is 10.6. The van der Waals surface area contributed by atoms with Crippen molar-refractivity contribution in [1.82, 2.24) is 4.90 Å². The fourth-order valence-corrected chi connectivity index (χ4v) is 7.06. The number of aliphatic hydroxyl groups excluding tert-OH is 1. The van der Waals surface area contributed by atoms with E-state index in [0.717, 1.165) is 83.7 Å². The first kappa shape index (κ1) is 49.9. The van der Waals surface area contributed by atoms with E-state index in [9.17, 15) is 9.90 Å². The molecule has 0 aliphatic carbocycles. The molecule has 51 heavy (non-hydrogen) atoms. The van der Waals surface area contributed by atoms with Gasteiger partial charge in [0.25, 0.3) is 0 Å². The summed E-state index contributed by atoms with van der Waals surface area (Å²) in [4.78, 5) is 14.5. The van der Waals surface area contributed by atoms with Crippen LogP contribution in [0.5, 0.6) is 0 Å². The number of carbonyl (C=O) groups is 1. The Hall–Kier alpha value is -1.14. The molecule has 0 rings (SSSR count). The Morgan fingerprint density at radius 3 is 1.41 bits per heavy atom. The van der Waals surface area contributed by atoms with Gasteiger partial charge < -0.3 is 14.6 Å². The molecule has 2 N–H and O–H groups in total.